The average molecular weight is 313 g/mol. The zero-order chi connectivity index (χ0) is 14.5. The molecule has 1 aromatic heterocycles. The lowest BCUT2D eigenvalue weighted by Gasteiger charge is -2.11. The second-order valence-electron chi connectivity index (χ2n) is 3.84. The molecule has 0 fully saturated rings. The predicted molar refractivity (Wildman–Crippen MR) is 78.8 cm³/mol. The average Bonchev–Trinajstić information content (AvgIpc) is 2.89. The highest BCUT2D eigenvalue weighted by molar-refractivity contribution is 7.15. The SMILES string of the molecule is COC(=O)c1cc(OC)ccc1NCc1cnc(Cl)s1. The smallest absolute Gasteiger partial charge is 0.340 e. The number of benzene rings is 1. The van der Waals surface area contributed by atoms with Gasteiger partial charge < -0.3 is 14.8 Å². The minimum atomic E-state index is -0.422. The van der Waals surface area contributed by atoms with Crippen LogP contribution in [-0.2, 0) is 11.3 Å². The molecular weight excluding hydrogens is 300 g/mol. The van der Waals surface area contributed by atoms with Gasteiger partial charge >= 0.3 is 5.97 Å². The van der Waals surface area contributed by atoms with Gasteiger partial charge in [0.15, 0.2) is 4.47 Å². The van der Waals surface area contributed by atoms with Gasteiger partial charge in [0.1, 0.15) is 5.75 Å². The van der Waals surface area contributed by atoms with Gasteiger partial charge in [-0.3, -0.25) is 0 Å². The van der Waals surface area contributed by atoms with E-state index in [1.54, 1.807) is 31.5 Å². The van der Waals surface area contributed by atoms with Crippen molar-refractivity contribution in [2.45, 2.75) is 6.54 Å². The van der Waals surface area contributed by atoms with E-state index in [0.29, 0.717) is 28.0 Å². The molecule has 20 heavy (non-hydrogen) atoms. The number of anilines is 1. The highest BCUT2D eigenvalue weighted by Gasteiger charge is 2.13. The Labute approximate surface area is 125 Å². The third kappa shape index (κ3) is 3.40. The number of aromatic nitrogens is 1. The van der Waals surface area contributed by atoms with Crippen molar-refractivity contribution in [1.29, 1.82) is 0 Å². The summed E-state index contributed by atoms with van der Waals surface area (Å²) in [5.74, 6) is 0.172. The number of thiazole rings is 1. The lowest BCUT2D eigenvalue weighted by Crippen LogP contribution is -2.08. The van der Waals surface area contributed by atoms with E-state index in [1.807, 2.05) is 0 Å². The Morgan fingerprint density at radius 2 is 2.25 bits per heavy atom. The standard InChI is InChI=1S/C13H13ClN2O3S/c1-18-8-3-4-11(10(5-8)12(17)19-2)15-6-9-7-16-13(14)20-9/h3-5,7,15H,6H2,1-2H3. The quantitative estimate of drug-likeness (QED) is 0.859. The number of ether oxygens (including phenoxy) is 2. The normalized spacial score (nSPS) is 10.2. The summed E-state index contributed by atoms with van der Waals surface area (Å²) < 4.78 is 10.4. The molecule has 0 spiro atoms. The topological polar surface area (TPSA) is 60.5 Å². The number of carbonyl (C=O) groups excluding carboxylic acids is 1. The van der Waals surface area contributed by atoms with E-state index in [1.165, 1.54) is 18.4 Å². The number of methoxy groups -OCH3 is 2. The molecule has 0 radical (unpaired) electrons. The van der Waals surface area contributed by atoms with Crippen molar-refractivity contribution < 1.29 is 14.3 Å². The number of halogens is 1. The van der Waals surface area contributed by atoms with Gasteiger partial charge in [-0.25, -0.2) is 9.78 Å². The molecule has 0 saturated carbocycles. The highest BCUT2D eigenvalue weighted by Crippen LogP contribution is 2.25. The number of nitrogens with zero attached hydrogens (tertiary/aromatic N) is 1. The summed E-state index contributed by atoms with van der Waals surface area (Å²) in [6.45, 7) is 0.528. The molecule has 0 saturated heterocycles. The van der Waals surface area contributed by atoms with Gasteiger partial charge in [0.2, 0.25) is 0 Å². The molecule has 1 aromatic carbocycles. The third-order valence-corrected chi connectivity index (χ3v) is 3.73. The van der Waals surface area contributed by atoms with Crippen LogP contribution in [0.2, 0.25) is 4.47 Å². The number of hydrogen-bond acceptors (Lipinski definition) is 6. The Balaban J connectivity index is 2.19. The van der Waals surface area contributed by atoms with Crippen molar-refractivity contribution in [3.05, 3.63) is 39.3 Å². The minimum Gasteiger partial charge on any atom is -0.497 e. The number of esters is 1. The molecule has 5 nitrogen and oxygen atoms in total. The molecule has 106 valence electrons. The predicted octanol–water partition coefficient (Wildman–Crippen LogP) is 3.20. The fourth-order valence-corrected chi connectivity index (χ4v) is 2.55. The molecule has 7 heteroatoms. The van der Waals surface area contributed by atoms with E-state index in [0.717, 1.165) is 4.88 Å². The van der Waals surface area contributed by atoms with E-state index >= 15 is 0 Å². The van der Waals surface area contributed by atoms with Crippen molar-refractivity contribution in [3.8, 4) is 5.75 Å². The second-order valence-corrected chi connectivity index (χ2v) is 5.53. The Morgan fingerprint density at radius 3 is 2.85 bits per heavy atom. The van der Waals surface area contributed by atoms with Gasteiger partial charge in [-0.1, -0.05) is 11.6 Å². The molecule has 2 rings (SSSR count). The molecular formula is C13H13ClN2O3S. The summed E-state index contributed by atoms with van der Waals surface area (Å²) in [5, 5.41) is 3.16. The first-order chi connectivity index (χ1) is 9.63. The van der Waals surface area contributed by atoms with Crippen LogP contribution in [0.3, 0.4) is 0 Å². The van der Waals surface area contributed by atoms with Crippen LogP contribution in [0.4, 0.5) is 5.69 Å². The molecule has 0 unspecified atom stereocenters. The minimum absolute atomic E-state index is 0.419. The fourth-order valence-electron chi connectivity index (χ4n) is 1.63. The van der Waals surface area contributed by atoms with E-state index < -0.39 is 5.97 Å². The summed E-state index contributed by atoms with van der Waals surface area (Å²) in [6.07, 6.45) is 1.70. The Hall–Kier alpha value is -1.79. The van der Waals surface area contributed by atoms with Crippen molar-refractivity contribution in [2.75, 3.05) is 19.5 Å². The Morgan fingerprint density at radius 1 is 1.45 bits per heavy atom. The number of rotatable bonds is 5. The maximum Gasteiger partial charge on any atom is 0.340 e. The molecule has 0 atom stereocenters. The molecule has 0 aliphatic rings. The van der Waals surface area contributed by atoms with Crippen LogP contribution < -0.4 is 10.1 Å². The maximum absolute atomic E-state index is 11.8. The fraction of sp³-hybridized carbons (Fsp3) is 0.231. The van der Waals surface area contributed by atoms with E-state index in [2.05, 4.69) is 10.3 Å². The molecule has 0 aliphatic heterocycles. The monoisotopic (exact) mass is 312 g/mol. The molecule has 2 aromatic rings. The van der Waals surface area contributed by atoms with Crippen molar-refractivity contribution >= 4 is 34.6 Å². The molecule has 0 amide bonds. The Kier molecular flexibility index (Phi) is 4.81. The van der Waals surface area contributed by atoms with Crippen molar-refractivity contribution in [2.24, 2.45) is 0 Å². The first kappa shape index (κ1) is 14.6. The van der Waals surface area contributed by atoms with E-state index in [-0.39, 0.29) is 0 Å². The Bertz CT molecular complexity index is 615. The third-order valence-electron chi connectivity index (χ3n) is 2.61. The summed E-state index contributed by atoms with van der Waals surface area (Å²) in [7, 11) is 2.89. The highest BCUT2D eigenvalue weighted by atomic mass is 35.5. The van der Waals surface area contributed by atoms with Crippen molar-refractivity contribution in [1.82, 2.24) is 4.98 Å². The zero-order valence-electron chi connectivity index (χ0n) is 11.0. The number of carbonyl (C=O) groups is 1. The van der Waals surface area contributed by atoms with Crippen LogP contribution in [0.1, 0.15) is 15.2 Å². The van der Waals surface area contributed by atoms with Crippen LogP contribution in [-0.4, -0.2) is 25.2 Å². The van der Waals surface area contributed by atoms with Gasteiger partial charge in [0, 0.05) is 16.8 Å². The van der Waals surface area contributed by atoms with Gasteiger partial charge in [-0.2, -0.15) is 0 Å². The van der Waals surface area contributed by atoms with Crippen LogP contribution in [0.5, 0.6) is 5.75 Å². The van der Waals surface area contributed by atoms with Crippen LogP contribution in [0.25, 0.3) is 0 Å². The number of hydrogen-bond donors (Lipinski definition) is 1. The summed E-state index contributed by atoms with van der Waals surface area (Å²) in [4.78, 5) is 16.7. The van der Waals surface area contributed by atoms with Crippen LogP contribution in [0.15, 0.2) is 24.4 Å². The zero-order valence-corrected chi connectivity index (χ0v) is 12.5. The maximum atomic E-state index is 11.8. The first-order valence-corrected chi connectivity index (χ1v) is 6.94. The van der Waals surface area contributed by atoms with Gasteiger partial charge in [0.05, 0.1) is 26.3 Å². The summed E-state index contributed by atoms with van der Waals surface area (Å²) in [5.41, 5.74) is 1.09. The summed E-state index contributed by atoms with van der Waals surface area (Å²) in [6, 6.07) is 5.18. The van der Waals surface area contributed by atoms with E-state index in [9.17, 15) is 4.79 Å². The molecule has 1 heterocycles. The molecule has 0 bridgehead atoms. The van der Waals surface area contributed by atoms with Crippen molar-refractivity contribution in [3.63, 3.8) is 0 Å². The van der Waals surface area contributed by atoms with E-state index in [4.69, 9.17) is 21.1 Å². The summed E-state index contributed by atoms with van der Waals surface area (Å²) >= 11 is 7.16. The largest absolute Gasteiger partial charge is 0.497 e. The first-order valence-electron chi connectivity index (χ1n) is 5.74. The van der Waals surface area contributed by atoms with Crippen LogP contribution in [0, 0.1) is 0 Å². The van der Waals surface area contributed by atoms with Gasteiger partial charge in [0.25, 0.3) is 0 Å². The van der Waals surface area contributed by atoms with Crippen LogP contribution >= 0.6 is 22.9 Å². The second kappa shape index (κ2) is 6.58. The van der Waals surface area contributed by atoms with Gasteiger partial charge in [-0.05, 0) is 18.2 Å². The number of nitrogens with one attached hydrogen (secondary N) is 1. The van der Waals surface area contributed by atoms with Gasteiger partial charge in [-0.15, -0.1) is 11.3 Å². The lowest BCUT2D eigenvalue weighted by molar-refractivity contribution is 0.0601. The molecule has 1 N–H and O–H groups in total. The molecule has 0 aliphatic carbocycles. The lowest BCUT2D eigenvalue weighted by atomic mass is 10.1.